The summed E-state index contributed by atoms with van der Waals surface area (Å²) < 4.78 is 1.60. The monoisotopic (exact) mass is 215 g/mol. The van der Waals surface area contributed by atoms with Crippen molar-refractivity contribution < 1.29 is 4.79 Å². The molecule has 4 heteroatoms. The Bertz CT molecular complexity index is 543. The van der Waals surface area contributed by atoms with Crippen LogP contribution in [-0.4, -0.2) is 15.7 Å². The number of aryl methyl sites for hydroxylation is 2. The Morgan fingerprint density at radius 2 is 2.06 bits per heavy atom. The van der Waals surface area contributed by atoms with Gasteiger partial charge in [0.15, 0.2) is 0 Å². The lowest BCUT2D eigenvalue weighted by Crippen LogP contribution is -2.11. The highest BCUT2D eigenvalue weighted by atomic mass is 16.1. The van der Waals surface area contributed by atoms with Crippen LogP contribution in [0.4, 0.5) is 0 Å². The van der Waals surface area contributed by atoms with Crippen molar-refractivity contribution in [3.8, 4) is 11.3 Å². The van der Waals surface area contributed by atoms with Gasteiger partial charge in [-0.05, 0) is 12.5 Å². The van der Waals surface area contributed by atoms with E-state index < -0.39 is 5.91 Å². The Morgan fingerprint density at radius 1 is 1.38 bits per heavy atom. The second kappa shape index (κ2) is 3.81. The summed E-state index contributed by atoms with van der Waals surface area (Å²) in [6, 6.07) is 7.78. The molecule has 1 amide bonds. The van der Waals surface area contributed by atoms with Crippen LogP contribution in [0.15, 0.2) is 30.5 Å². The van der Waals surface area contributed by atoms with Gasteiger partial charge >= 0.3 is 0 Å². The molecule has 1 aromatic carbocycles. The fourth-order valence-electron chi connectivity index (χ4n) is 1.71. The molecule has 2 rings (SSSR count). The minimum absolute atomic E-state index is 0.452. The maximum absolute atomic E-state index is 11.3. The minimum Gasteiger partial charge on any atom is -0.365 e. The quantitative estimate of drug-likeness (QED) is 0.825. The first kappa shape index (κ1) is 10.4. The second-order valence-electron chi connectivity index (χ2n) is 3.74. The van der Waals surface area contributed by atoms with E-state index in [1.807, 2.05) is 31.2 Å². The van der Waals surface area contributed by atoms with E-state index in [1.54, 1.807) is 17.9 Å². The van der Waals surface area contributed by atoms with Gasteiger partial charge in [-0.2, -0.15) is 5.10 Å². The zero-order valence-corrected chi connectivity index (χ0v) is 9.27. The molecule has 0 bridgehead atoms. The standard InChI is InChI=1S/C12H13N3O/c1-8-5-3-4-6-9(8)11-10(12(13)16)7-15(2)14-11/h3-7H,1-2H3,(H2,13,16). The Balaban J connectivity index is 2.64. The smallest absolute Gasteiger partial charge is 0.252 e. The number of primary amides is 1. The molecule has 0 saturated carbocycles. The van der Waals surface area contributed by atoms with Crippen molar-refractivity contribution in [1.29, 1.82) is 0 Å². The topological polar surface area (TPSA) is 60.9 Å². The molecule has 0 atom stereocenters. The summed E-state index contributed by atoms with van der Waals surface area (Å²) in [5.41, 5.74) is 8.44. The van der Waals surface area contributed by atoms with Crippen molar-refractivity contribution in [2.24, 2.45) is 12.8 Å². The number of hydrogen-bond acceptors (Lipinski definition) is 2. The van der Waals surface area contributed by atoms with Gasteiger partial charge in [-0.15, -0.1) is 0 Å². The highest BCUT2D eigenvalue weighted by molar-refractivity contribution is 5.98. The number of amides is 1. The van der Waals surface area contributed by atoms with E-state index in [9.17, 15) is 4.79 Å². The summed E-state index contributed by atoms with van der Waals surface area (Å²) in [7, 11) is 1.77. The lowest BCUT2D eigenvalue weighted by molar-refractivity contribution is 0.100. The molecule has 16 heavy (non-hydrogen) atoms. The third kappa shape index (κ3) is 1.69. The van der Waals surface area contributed by atoms with Gasteiger partial charge in [-0.3, -0.25) is 9.48 Å². The first-order valence-electron chi connectivity index (χ1n) is 4.99. The lowest BCUT2D eigenvalue weighted by atomic mass is 10.0. The van der Waals surface area contributed by atoms with Gasteiger partial charge in [0.05, 0.1) is 5.56 Å². The summed E-state index contributed by atoms with van der Waals surface area (Å²) >= 11 is 0. The first-order valence-corrected chi connectivity index (χ1v) is 4.99. The number of nitrogens with two attached hydrogens (primary N) is 1. The molecule has 0 saturated heterocycles. The van der Waals surface area contributed by atoms with Gasteiger partial charge in [0.1, 0.15) is 5.69 Å². The molecule has 0 aliphatic heterocycles. The Kier molecular flexibility index (Phi) is 2.48. The molecule has 4 nitrogen and oxygen atoms in total. The van der Waals surface area contributed by atoms with Gasteiger partial charge in [0.25, 0.3) is 5.91 Å². The van der Waals surface area contributed by atoms with Crippen molar-refractivity contribution in [3.63, 3.8) is 0 Å². The van der Waals surface area contributed by atoms with Crippen LogP contribution in [-0.2, 0) is 7.05 Å². The molecular weight excluding hydrogens is 202 g/mol. The highest BCUT2D eigenvalue weighted by Gasteiger charge is 2.15. The van der Waals surface area contributed by atoms with Gasteiger partial charge < -0.3 is 5.73 Å². The minimum atomic E-state index is -0.452. The largest absolute Gasteiger partial charge is 0.365 e. The number of carbonyl (C=O) groups is 1. The van der Waals surface area contributed by atoms with E-state index in [1.165, 1.54) is 0 Å². The van der Waals surface area contributed by atoms with Gasteiger partial charge in [0, 0.05) is 18.8 Å². The van der Waals surface area contributed by atoms with Gasteiger partial charge in [-0.1, -0.05) is 24.3 Å². The molecule has 0 spiro atoms. The van der Waals surface area contributed by atoms with E-state index in [-0.39, 0.29) is 0 Å². The molecule has 0 aliphatic rings. The maximum Gasteiger partial charge on any atom is 0.252 e. The summed E-state index contributed by atoms with van der Waals surface area (Å²) in [6.45, 7) is 1.98. The van der Waals surface area contributed by atoms with E-state index in [2.05, 4.69) is 5.10 Å². The van der Waals surface area contributed by atoms with Gasteiger partial charge in [-0.25, -0.2) is 0 Å². The van der Waals surface area contributed by atoms with Crippen molar-refractivity contribution in [2.45, 2.75) is 6.92 Å². The number of carbonyl (C=O) groups excluding carboxylic acids is 1. The number of nitrogens with zero attached hydrogens (tertiary/aromatic N) is 2. The molecule has 1 heterocycles. The summed E-state index contributed by atoms with van der Waals surface area (Å²) in [5.74, 6) is -0.452. The fraction of sp³-hybridized carbons (Fsp3) is 0.167. The number of hydrogen-bond donors (Lipinski definition) is 1. The number of aromatic nitrogens is 2. The summed E-state index contributed by atoms with van der Waals surface area (Å²) in [6.07, 6.45) is 1.64. The highest BCUT2D eigenvalue weighted by Crippen LogP contribution is 2.24. The van der Waals surface area contributed by atoms with E-state index in [0.717, 1.165) is 11.1 Å². The fourth-order valence-corrected chi connectivity index (χ4v) is 1.71. The van der Waals surface area contributed by atoms with Crippen molar-refractivity contribution in [1.82, 2.24) is 9.78 Å². The van der Waals surface area contributed by atoms with Crippen LogP contribution in [0.3, 0.4) is 0 Å². The SMILES string of the molecule is Cc1ccccc1-c1nn(C)cc1C(N)=O. The van der Waals surface area contributed by atoms with Crippen LogP contribution < -0.4 is 5.73 Å². The summed E-state index contributed by atoms with van der Waals surface area (Å²) in [5, 5.41) is 4.28. The van der Waals surface area contributed by atoms with Gasteiger partial charge in [0.2, 0.25) is 0 Å². The Labute approximate surface area is 93.7 Å². The van der Waals surface area contributed by atoms with Crippen LogP contribution in [0.2, 0.25) is 0 Å². The number of rotatable bonds is 2. The van der Waals surface area contributed by atoms with Crippen molar-refractivity contribution in [3.05, 3.63) is 41.6 Å². The predicted molar refractivity (Wildman–Crippen MR) is 61.9 cm³/mol. The molecule has 0 radical (unpaired) electrons. The predicted octanol–water partition coefficient (Wildman–Crippen LogP) is 1.49. The van der Waals surface area contributed by atoms with Crippen LogP contribution in [0.1, 0.15) is 15.9 Å². The molecular formula is C12H13N3O. The average Bonchev–Trinajstić information content (AvgIpc) is 2.61. The van der Waals surface area contributed by atoms with Crippen LogP contribution in [0, 0.1) is 6.92 Å². The van der Waals surface area contributed by atoms with E-state index in [0.29, 0.717) is 11.3 Å². The second-order valence-corrected chi connectivity index (χ2v) is 3.74. The molecule has 1 aromatic heterocycles. The molecule has 0 aliphatic carbocycles. The van der Waals surface area contributed by atoms with Crippen molar-refractivity contribution >= 4 is 5.91 Å². The Hall–Kier alpha value is -2.10. The van der Waals surface area contributed by atoms with E-state index in [4.69, 9.17) is 5.73 Å². The van der Waals surface area contributed by atoms with Crippen LogP contribution in [0.25, 0.3) is 11.3 Å². The molecule has 0 unspecified atom stereocenters. The number of benzene rings is 1. The van der Waals surface area contributed by atoms with Crippen molar-refractivity contribution in [2.75, 3.05) is 0 Å². The molecule has 2 N–H and O–H groups in total. The van der Waals surface area contributed by atoms with Crippen LogP contribution >= 0.6 is 0 Å². The lowest BCUT2D eigenvalue weighted by Gasteiger charge is -2.03. The summed E-state index contributed by atoms with van der Waals surface area (Å²) in [4.78, 5) is 11.3. The zero-order valence-electron chi connectivity index (χ0n) is 9.27. The molecule has 0 fully saturated rings. The van der Waals surface area contributed by atoms with Crippen LogP contribution in [0.5, 0.6) is 0 Å². The van der Waals surface area contributed by atoms with E-state index >= 15 is 0 Å². The normalized spacial score (nSPS) is 10.4. The molecule has 2 aromatic rings. The Morgan fingerprint density at radius 3 is 2.69 bits per heavy atom. The zero-order chi connectivity index (χ0) is 11.7. The first-order chi connectivity index (χ1) is 7.59. The average molecular weight is 215 g/mol. The third-order valence-electron chi connectivity index (χ3n) is 2.49. The molecule has 82 valence electrons. The maximum atomic E-state index is 11.3. The third-order valence-corrected chi connectivity index (χ3v) is 2.49.